The van der Waals surface area contributed by atoms with Crippen LogP contribution in [-0.2, 0) is 33.2 Å². The molecular formula is C42H73NO18. The fourth-order valence-electron chi connectivity index (χ4n) is 7.14. The number of ether oxygens (including phenoxy) is 6. The molecule has 0 radical (unpaired) electrons. The highest BCUT2D eigenvalue weighted by Crippen LogP contribution is 2.32. The zero-order chi connectivity index (χ0) is 44.9. The van der Waals surface area contributed by atoms with Crippen molar-refractivity contribution in [3.63, 3.8) is 0 Å². The number of amides is 1. The van der Waals surface area contributed by atoms with Crippen LogP contribution in [0.4, 0.5) is 0 Å². The van der Waals surface area contributed by atoms with Gasteiger partial charge in [-0.1, -0.05) is 76.0 Å². The lowest BCUT2D eigenvalue weighted by atomic mass is 9.96. The molecule has 3 heterocycles. The molecule has 17 unspecified atom stereocenters. The number of hydrogen-bond acceptors (Lipinski definition) is 18. The lowest BCUT2D eigenvalue weighted by molar-refractivity contribution is -0.379. The van der Waals surface area contributed by atoms with Crippen molar-refractivity contribution < 1.29 is 89.4 Å². The molecule has 3 rings (SSSR count). The predicted octanol–water partition coefficient (Wildman–Crippen LogP) is -1.31. The molecule has 3 aliphatic rings. The standard InChI is InChI=1S/C42H73NO18/c1-3-5-7-8-9-10-11-12-13-14-15-16-17-18-19-26(47)25(43-30(48)20-6-4-2)24-56-40-36(54)33(51)38(28(22-45)58-40)61-42-37(55)34(52)39(29(23-46)59-42)60-41-35(53)32(50)31(49)27(21-44)57-41/h10-11,14-15,18-19,25-29,31-42,44-47,49-55H,3-9,12-13,16-17,20-24H2,1-2H3,(H,43,48)/b11-10+,15-14+,19-18+. The van der Waals surface area contributed by atoms with Gasteiger partial charge in [0.1, 0.15) is 73.2 Å². The summed E-state index contributed by atoms with van der Waals surface area (Å²) in [6.07, 6.45) is -3.90. The smallest absolute Gasteiger partial charge is 0.220 e. The van der Waals surface area contributed by atoms with Crippen molar-refractivity contribution in [2.24, 2.45) is 0 Å². The van der Waals surface area contributed by atoms with Crippen LogP contribution in [0.15, 0.2) is 36.5 Å². The summed E-state index contributed by atoms with van der Waals surface area (Å²) in [5, 5.41) is 118. The van der Waals surface area contributed by atoms with Gasteiger partial charge < -0.3 is 89.9 Å². The Kier molecular flexibility index (Phi) is 25.1. The predicted molar refractivity (Wildman–Crippen MR) is 217 cm³/mol. The van der Waals surface area contributed by atoms with Gasteiger partial charge in [-0.05, 0) is 44.9 Å². The van der Waals surface area contributed by atoms with Crippen molar-refractivity contribution in [1.29, 1.82) is 0 Å². The maximum absolute atomic E-state index is 12.7. The van der Waals surface area contributed by atoms with E-state index in [1.165, 1.54) is 25.7 Å². The van der Waals surface area contributed by atoms with Crippen molar-refractivity contribution in [2.75, 3.05) is 26.4 Å². The summed E-state index contributed by atoms with van der Waals surface area (Å²) >= 11 is 0. The summed E-state index contributed by atoms with van der Waals surface area (Å²) in [6, 6.07) is -0.986. The van der Waals surface area contributed by atoms with Gasteiger partial charge in [-0.2, -0.15) is 0 Å². The van der Waals surface area contributed by atoms with E-state index in [2.05, 4.69) is 36.5 Å². The number of carbonyl (C=O) groups is 1. The Balaban J connectivity index is 1.57. The molecule has 3 fully saturated rings. The Morgan fingerprint density at radius 2 is 1.05 bits per heavy atom. The monoisotopic (exact) mass is 879 g/mol. The second-order valence-corrected chi connectivity index (χ2v) is 15.8. The SMILES string of the molecule is CCCCCC/C=C/CC/C=C/CC/C=C/C(O)C(COC1OC(CO)C(OC2OC(CO)C(OC3OC(CO)C(O)C(O)C3O)C(O)C2O)C(O)C1O)NC(=O)CCCC. The number of aliphatic hydroxyl groups excluding tert-OH is 11. The average molecular weight is 880 g/mol. The molecule has 0 saturated carbocycles. The molecule has 0 aromatic rings. The second-order valence-electron chi connectivity index (χ2n) is 15.8. The first-order valence-electron chi connectivity index (χ1n) is 21.7. The summed E-state index contributed by atoms with van der Waals surface area (Å²) in [7, 11) is 0. The fraction of sp³-hybridized carbons (Fsp3) is 0.833. The first-order valence-corrected chi connectivity index (χ1v) is 21.7. The van der Waals surface area contributed by atoms with Crippen LogP contribution < -0.4 is 5.32 Å². The molecule has 0 aromatic carbocycles. The summed E-state index contributed by atoms with van der Waals surface area (Å²) in [4.78, 5) is 12.7. The van der Waals surface area contributed by atoms with Crippen molar-refractivity contribution >= 4 is 5.91 Å². The van der Waals surface area contributed by atoms with Crippen molar-refractivity contribution in [2.45, 2.75) is 195 Å². The van der Waals surface area contributed by atoms with Crippen molar-refractivity contribution in [3.8, 4) is 0 Å². The van der Waals surface area contributed by atoms with Gasteiger partial charge in [0.25, 0.3) is 0 Å². The first kappa shape index (κ1) is 53.3. The van der Waals surface area contributed by atoms with E-state index in [1.807, 2.05) is 6.92 Å². The molecule has 1 amide bonds. The minimum Gasteiger partial charge on any atom is -0.394 e. The Bertz CT molecular complexity index is 1290. The van der Waals surface area contributed by atoms with Gasteiger partial charge in [0.15, 0.2) is 18.9 Å². The van der Waals surface area contributed by atoms with E-state index in [0.717, 1.165) is 32.1 Å². The van der Waals surface area contributed by atoms with Crippen LogP contribution >= 0.6 is 0 Å². The summed E-state index contributed by atoms with van der Waals surface area (Å²) in [6.45, 7) is 1.32. The highest BCUT2D eigenvalue weighted by Gasteiger charge is 2.53. The molecule has 17 atom stereocenters. The van der Waals surface area contributed by atoms with E-state index >= 15 is 0 Å². The number of carbonyl (C=O) groups excluding carboxylic acids is 1. The number of hydrogen-bond donors (Lipinski definition) is 12. The third-order valence-electron chi connectivity index (χ3n) is 10.9. The van der Waals surface area contributed by atoms with Crippen LogP contribution in [0.3, 0.4) is 0 Å². The van der Waals surface area contributed by atoms with Gasteiger partial charge in [-0.3, -0.25) is 4.79 Å². The first-order chi connectivity index (χ1) is 29.3. The van der Waals surface area contributed by atoms with Gasteiger partial charge in [0.2, 0.25) is 5.91 Å². The van der Waals surface area contributed by atoms with E-state index in [-0.39, 0.29) is 18.9 Å². The summed E-state index contributed by atoms with van der Waals surface area (Å²) < 4.78 is 33.7. The van der Waals surface area contributed by atoms with Crippen LogP contribution in [0.5, 0.6) is 0 Å². The number of aliphatic hydroxyl groups is 11. The minimum atomic E-state index is -1.98. The van der Waals surface area contributed by atoms with Crippen LogP contribution in [0, 0.1) is 0 Å². The van der Waals surface area contributed by atoms with E-state index in [0.29, 0.717) is 12.8 Å². The molecule has 61 heavy (non-hydrogen) atoms. The van der Waals surface area contributed by atoms with Gasteiger partial charge in [0, 0.05) is 6.42 Å². The molecule has 0 spiro atoms. The minimum absolute atomic E-state index is 0.205. The largest absolute Gasteiger partial charge is 0.394 e. The van der Waals surface area contributed by atoms with E-state index in [1.54, 1.807) is 12.2 Å². The third-order valence-corrected chi connectivity index (χ3v) is 10.9. The van der Waals surface area contributed by atoms with Gasteiger partial charge in [0.05, 0.1) is 38.6 Å². The maximum Gasteiger partial charge on any atom is 0.220 e. The summed E-state index contributed by atoms with van der Waals surface area (Å²) in [5.74, 6) is -0.331. The molecule has 19 heteroatoms. The van der Waals surface area contributed by atoms with E-state index in [4.69, 9.17) is 28.4 Å². The van der Waals surface area contributed by atoms with Crippen LogP contribution in [0.25, 0.3) is 0 Å². The molecule has 19 nitrogen and oxygen atoms in total. The molecule has 0 aromatic heterocycles. The Labute approximate surface area is 358 Å². The van der Waals surface area contributed by atoms with Crippen LogP contribution in [0.1, 0.15) is 90.9 Å². The third kappa shape index (κ3) is 16.5. The van der Waals surface area contributed by atoms with Gasteiger partial charge >= 0.3 is 0 Å². The van der Waals surface area contributed by atoms with E-state index < -0.39 is 124 Å². The molecular weight excluding hydrogens is 806 g/mol. The molecule has 354 valence electrons. The molecule has 3 saturated heterocycles. The normalized spacial score (nSPS) is 35.9. The second kappa shape index (κ2) is 28.7. The number of allylic oxidation sites excluding steroid dienone is 5. The zero-order valence-corrected chi connectivity index (χ0v) is 35.4. The van der Waals surface area contributed by atoms with Crippen molar-refractivity contribution in [1.82, 2.24) is 5.32 Å². The quantitative estimate of drug-likeness (QED) is 0.0337. The Hall–Kier alpha value is -1.99. The number of nitrogens with one attached hydrogen (secondary N) is 1. The van der Waals surface area contributed by atoms with E-state index in [9.17, 15) is 61.0 Å². The van der Waals surface area contributed by atoms with Crippen LogP contribution in [-0.4, -0.2) is 193 Å². The molecule has 0 bridgehead atoms. The Morgan fingerprint density at radius 1 is 0.574 bits per heavy atom. The molecule has 0 aliphatic carbocycles. The number of unbranched alkanes of at least 4 members (excludes halogenated alkanes) is 7. The fourth-order valence-corrected chi connectivity index (χ4v) is 7.14. The zero-order valence-electron chi connectivity index (χ0n) is 35.4. The van der Waals surface area contributed by atoms with Crippen molar-refractivity contribution in [3.05, 3.63) is 36.5 Å². The average Bonchev–Trinajstić information content (AvgIpc) is 3.25. The van der Waals surface area contributed by atoms with Crippen LogP contribution in [0.2, 0.25) is 0 Å². The lowest BCUT2D eigenvalue weighted by Crippen LogP contribution is -2.66. The van der Waals surface area contributed by atoms with Gasteiger partial charge in [-0.15, -0.1) is 0 Å². The topological polar surface area (TPSA) is 307 Å². The lowest BCUT2D eigenvalue weighted by Gasteiger charge is -2.48. The highest BCUT2D eigenvalue weighted by atomic mass is 16.8. The maximum atomic E-state index is 12.7. The Morgan fingerprint density at radius 3 is 1.59 bits per heavy atom. The van der Waals surface area contributed by atoms with Gasteiger partial charge in [-0.25, -0.2) is 0 Å². The summed E-state index contributed by atoms with van der Waals surface area (Å²) in [5.41, 5.74) is 0. The highest BCUT2D eigenvalue weighted by molar-refractivity contribution is 5.76. The molecule has 3 aliphatic heterocycles. The molecule has 12 N–H and O–H groups in total. The number of rotatable bonds is 27.